The van der Waals surface area contributed by atoms with Crippen LogP contribution in [-0.2, 0) is 4.79 Å². The number of benzene rings is 1. The van der Waals surface area contributed by atoms with E-state index in [1.807, 2.05) is 0 Å². The van der Waals surface area contributed by atoms with Gasteiger partial charge in [-0.25, -0.2) is 0 Å². The first kappa shape index (κ1) is 10.6. The fourth-order valence-electron chi connectivity index (χ4n) is 1.02. The Balaban J connectivity index is 3.14. The number of hydrogen-bond acceptors (Lipinski definition) is 3. The van der Waals surface area contributed by atoms with E-state index in [9.17, 15) is 4.79 Å². The molecule has 0 saturated heterocycles. The second-order valence-electron chi connectivity index (χ2n) is 2.55. The van der Waals surface area contributed by atoms with E-state index in [2.05, 4.69) is 0 Å². The lowest BCUT2D eigenvalue weighted by Crippen LogP contribution is -1.89. The number of ether oxygens (including phenoxy) is 1. The minimum atomic E-state index is 0.176. The first-order valence-electron chi connectivity index (χ1n) is 3.86. The fraction of sp³-hybridized carbons (Fsp3) is 0.100. The summed E-state index contributed by atoms with van der Waals surface area (Å²) in [6, 6.07) is 4.82. The van der Waals surface area contributed by atoms with Gasteiger partial charge >= 0.3 is 0 Å². The smallest absolute Gasteiger partial charge is 0.153 e. The van der Waals surface area contributed by atoms with Crippen LogP contribution in [0.4, 0.5) is 0 Å². The van der Waals surface area contributed by atoms with Crippen LogP contribution in [0.2, 0.25) is 5.02 Å². The van der Waals surface area contributed by atoms with Crippen molar-refractivity contribution in [3.05, 3.63) is 35.0 Å². The van der Waals surface area contributed by atoms with Gasteiger partial charge in [0.05, 0.1) is 24.0 Å². The summed E-state index contributed by atoms with van der Waals surface area (Å²) < 4.78 is 4.94. The predicted molar refractivity (Wildman–Crippen MR) is 54.7 cm³/mol. The Bertz CT molecular complexity index is 372. The molecule has 0 saturated carbocycles. The molecule has 1 aromatic rings. The highest BCUT2D eigenvalue weighted by molar-refractivity contribution is 6.32. The van der Waals surface area contributed by atoms with E-state index in [1.54, 1.807) is 18.2 Å². The van der Waals surface area contributed by atoms with Crippen LogP contribution in [0.5, 0.6) is 5.75 Å². The molecule has 0 radical (unpaired) electrons. The van der Waals surface area contributed by atoms with Gasteiger partial charge in [0, 0.05) is 0 Å². The van der Waals surface area contributed by atoms with E-state index >= 15 is 0 Å². The molecule has 0 atom stereocenters. The Hall–Kier alpha value is -1.48. The number of halogens is 1. The van der Waals surface area contributed by atoms with Crippen molar-refractivity contribution >= 4 is 23.5 Å². The van der Waals surface area contributed by atoms with E-state index in [4.69, 9.17) is 21.4 Å². The minimum Gasteiger partial charge on any atom is -0.515 e. The quantitative estimate of drug-likeness (QED) is 0.476. The highest BCUT2D eigenvalue weighted by Crippen LogP contribution is 2.27. The molecule has 3 nitrogen and oxygen atoms in total. The molecule has 0 unspecified atom stereocenters. The summed E-state index contributed by atoms with van der Waals surface area (Å²) in [6.07, 6.45) is 1.29. The van der Waals surface area contributed by atoms with Crippen molar-refractivity contribution in [2.45, 2.75) is 0 Å². The largest absolute Gasteiger partial charge is 0.515 e. The van der Waals surface area contributed by atoms with Crippen molar-refractivity contribution in [3.63, 3.8) is 0 Å². The topological polar surface area (TPSA) is 46.5 Å². The molecular weight excluding hydrogens is 204 g/mol. The zero-order valence-electron chi connectivity index (χ0n) is 7.53. The monoisotopic (exact) mass is 212 g/mol. The Labute approximate surface area is 86.6 Å². The molecule has 0 aliphatic carbocycles. The van der Waals surface area contributed by atoms with E-state index in [0.29, 0.717) is 22.6 Å². The van der Waals surface area contributed by atoms with Gasteiger partial charge in [-0.3, -0.25) is 4.79 Å². The first-order chi connectivity index (χ1) is 6.72. The molecule has 0 aliphatic rings. The van der Waals surface area contributed by atoms with Crippen LogP contribution in [-0.4, -0.2) is 18.5 Å². The molecule has 0 heterocycles. The van der Waals surface area contributed by atoms with E-state index in [-0.39, 0.29) is 5.57 Å². The number of aliphatic hydroxyl groups is 1. The molecule has 1 rings (SSSR count). The number of allylic oxidation sites excluding steroid dienone is 1. The number of aldehydes is 1. The van der Waals surface area contributed by atoms with Crippen molar-refractivity contribution in [2.75, 3.05) is 7.11 Å². The number of hydrogen-bond donors (Lipinski definition) is 1. The molecule has 0 fully saturated rings. The second-order valence-corrected chi connectivity index (χ2v) is 2.96. The summed E-state index contributed by atoms with van der Waals surface area (Å²) in [5.74, 6) is 0.526. The summed E-state index contributed by atoms with van der Waals surface area (Å²) >= 11 is 5.84. The number of rotatable bonds is 3. The van der Waals surface area contributed by atoms with E-state index in [0.717, 1.165) is 6.26 Å². The van der Waals surface area contributed by atoms with Gasteiger partial charge in [-0.1, -0.05) is 17.7 Å². The van der Waals surface area contributed by atoms with E-state index < -0.39 is 0 Å². The molecular formula is C10H9ClO3. The van der Waals surface area contributed by atoms with Crippen molar-refractivity contribution in [1.29, 1.82) is 0 Å². The zero-order chi connectivity index (χ0) is 10.6. The van der Waals surface area contributed by atoms with Gasteiger partial charge in [-0.2, -0.15) is 0 Å². The average Bonchev–Trinajstić information content (AvgIpc) is 2.20. The Kier molecular flexibility index (Phi) is 3.54. The predicted octanol–water partition coefficient (Wildman–Crippen LogP) is 2.45. The molecule has 0 spiro atoms. The molecule has 0 bridgehead atoms. The van der Waals surface area contributed by atoms with Gasteiger partial charge in [0.2, 0.25) is 0 Å². The maximum Gasteiger partial charge on any atom is 0.153 e. The highest BCUT2D eigenvalue weighted by atomic mass is 35.5. The van der Waals surface area contributed by atoms with Gasteiger partial charge < -0.3 is 9.84 Å². The molecule has 74 valence electrons. The third-order valence-electron chi connectivity index (χ3n) is 1.75. The van der Waals surface area contributed by atoms with Crippen molar-refractivity contribution < 1.29 is 14.6 Å². The minimum absolute atomic E-state index is 0.176. The number of aliphatic hydroxyl groups excluding tert-OH is 1. The third-order valence-corrected chi connectivity index (χ3v) is 2.05. The van der Waals surface area contributed by atoms with Crippen molar-refractivity contribution in [2.24, 2.45) is 0 Å². The summed E-state index contributed by atoms with van der Waals surface area (Å²) in [5, 5.41) is 9.12. The Morgan fingerprint density at radius 2 is 2.29 bits per heavy atom. The molecule has 0 aliphatic heterocycles. The van der Waals surface area contributed by atoms with Crippen LogP contribution < -0.4 is 4.74 Å². The molecule has 14 heavy (non-hydrogen) atoms. The first-order valence-corrected chi connectivity index (χ1v) is 4.24. The van der Waals surface area contributed by atoms with Gasteiger partial charge in [0.15, 0.2) is 6.29 Å². The zero-order valence-corrected chi connectivity index (χ0v) is 8.28. The van der Waals surface area contributed by atoms with Crippen LogP contribution in [0.3, 0.4) is 0 Å². The molecule has 1 N–H and O–H groups in total. The Morgan fingerprint density at radius 1 is 1.57 bits per heavy atom. The van der Waals surface area contributed by atoms with Gasteiger partial charge in [0.1, 0.15) is 5.75 Å². The fourth-order valence-corrected chi connectivity index (χ4v) is 1.28. The summed E-state index contributed by atoms with van der Waals surface area (Å²) in [5.41, 5.74) is 0.725. The standard InChI is InChI=1S/C10H9ClO3/c1-14-10-3-2-7(4-9(10)11)8(5-12)6-13/h2-6,12H,1H3/b8-5+. The van der Waals surface area contributed by atoms with Crippen molar-refractivity contribution in [1.82, 2.24) is 0 Å². The lowest BCUT2D eigenvalue weighted by atomic mass is 10.1. The molecule has 1 aromatic carbocycles. The molecule has 4 heteroatoms. The van der Waals surface area contributed by atoms with Crippen molar-refractivity contribution in [3.8, 4) is 5.75 Å². The second kappa shape index (κ2) is 4.67. The SMILES string of the molecule is COc1ccc(/C(C=O)=C/O)cc1Cl. The number of carbonyl (C=O) groups is 1. The maximum absolute atomic E-state index is 10.5. The lowest BCUT2D eigenvalue weighted by molar-refractivity contribution is -0.103. The molecule has 0 amide bonds. The maximum atomic E-state index is 10.5. The van der Waals surface area contributed by atoms with Crippen LogP contribution in [0.1, 0.15) is 5.56 Å². The lowest BCUT2D eigenvalue weighted by Gasteiger charge is -2.04. The summed E-state index contributed by atoms with van der Waals surface area (Å²) in [6.45, 7) is 0. The highest BCUT2D eigenvalue weighted by Gasteiger charge is 2.05. The van der Waals surface area contributed by atoms with Crippen LogP contribution in [0.25, 0.3) is 5.57 Å². The van der Waals surface area contributed by atoms with Crippen LogP contribution >= 0.6 is 11.6 Å². The van der Waals surface area contributed by atoms with Crippen LogP contribution in [0, 0.1) is 0 Å². The number of methoxy groups -OCH3 is 1. The number of carbonyl (C=O) groups excluding carboxylic acids is 1. The average molecular weight is 213 g/mol. The van der Waals surface area contributed by atoms with Gasteiger partial charge in [-0.15, -0.1) is 0 Å². The molecule has 0 aromatic heterocycles. The third kappa shape index (κ3) is 2.06. The van der Waals surface area contributed by atoms with Crippen LogP contribution in [0.15, 0.2) is 24.5 Å². The van der Waals surface area contributed by atoms with E-state index in [1.165, 1.54) is 7.11 Å². The van der Waals surface area contributed by atoms with Gasteiger partial charge in [-0.05, 0) is 17.7 Å². The normalized spacial score (nSPS) is 11.1. The Morgan fingerprint density at radius 3 is 2.71 bits per heavy atom. The van der Waals surface area contributed by atoms with Gasteiger partial charge in [0.25, 0.3) is 0 Å². The summed E-state index contributed by atoms with van der Waals surface area (Å²) in [4.78, 5) is 10.5. The summed E-state index contributed by atoms with van der Waals surface area (Å²) in [7, 11) is 1.50.